The molecule has 0 unspecified atom stereocenters. The molecular formula is C14H8Cl2N2. The molecule has 0 aliphatic heterocycles. The largest absolute Gasteiger partial charge is 0.264 e. The van der Waals surface area contributed by atoms with Gasteiger partial charge in [0.2, 0.25) is 0 Å². The Kier molecular flexibility index (Phi) is 2.90. The van der Waals surface area contributed by atoms with Gasteiger partial charge in [-0.2, -0.15) is 0 Å². The van der Waals surface area contributed by atoms with Crippen LogP contribution in [-0.2, 0) is 0 Å². The van der Waals surface area contributed by atoms with E-state index >= 15 is 0 Å². The number of pyridine rings is 2. The van der Waals surface area contributed by atoms with Gasteiger partial charge in [-0.25, -0.2) is 0 Å². The average molecular weight is 275 g/mol. The Bertz CT molecular complexity index is 712. The third-order valence-electron chi connectivity index (χ3n) is 2.77. The van der Waals surface area contributed by atoms with E-state index in [9.17, 15) is 0 Å². The molecule has 0 saturated carbocycles. The van der Waals surface area contributed by atoms with Crippen LogP contribution in [0.5, 0.6) is 0 Å². The first-order valence-electron chi connectivity index (χ1n) is 5.40. The summed E-state index contributed by atoms with van der Waals surface area (Å²) in [6.07, 6.45) is 5.23. The fraction of sp³-hybridized carbons (Fsp3) is 0. The summed E-state index contributed by atoms with van der Waals surface area (Å²) in [5.74, 6) is 0. The van der Waals surface area contributed by atoms with Crippen molar-refractivity contribution >= 4 is 34.0 Å². The lowest BCUT2D eigenvalue weighted by molar-refractivity contribution is 1.32. The molecule has 3 aromatic rings. The van der Waals surface area contributed by atoms with E-state index in [0.29, 0.717) is 10.0 Å². The molecule has 2 aromatic heterocycles. The molecule has 18 heavy (non-hydrogen) atoms. The summed E-state index contributed by atoms with van der Waals surface area (Å²) in [4.78, 5) is 8.48. The average Bonchev–Trinajstić information content (AvgIpc) is 2.44. The van der Waals surface area contributed by atoms with Gasteiger partial charge in [0.1, 0.15) is 0 Å². The van der Waals surface area contributed by atoms with Gasteiger partial charge in [-0.05, 0) is 24.3 Å². The fourth-order valence-corrected chi connectivity index (χ4v) is 2.36. The highest BCUT2D eigenvalue weighted by atomic mass is 35.5. The second-order valence-corrected chi connectivity index (χ2v) is 4.64. The first-order valence-corrected chi connectivity index (χ1v) is 6.16. The summed E-state index contributed by atoms with van der Waals surface area (Å²) in [7, 11) is 0. The van der Waals surface area contributed by atoms with E-state index in [0.717, 1.165) is 22.0 Å². The van der Waals surface area contributed by atoms with Gasteiger partial charge in [0.05, 0.1) is 15.7 Å². The number of benzene rings is 1. The Morgan fingerprint density at radius 3 is 2.61 bits per heavy atom. The summed E-state index contributed by atoms with van der Waals surface area (Å²) in [5.41, 5.74) is 1.79. The molecule has 0 amide bonds. The zero-order valence-electron chi connectivity index (χ0n) is 9.27. The van der Waals surface area contributed by atoms with Crippen LogP contribution in [0.3, 0.4) is 0 Å². The first kappa shape index (κ1) is 11.5. The molecule has 0 aliphatic rings. The minimum Gasteiger partial charge on any atom is -0.264 e. The van der Waals surface area contributed by atoms with Crippen molar-refractivity contribution in [3.8, 4) is 11.3 Å². The monoisotopic (exact) mass is 274 g/mol. The predicted molar refractivity (Wildman–Crippen MR) is 75.0 cm³/mol. The lowest BCUT2D eigenvalue weighted by Crippen LogP contribution is -1.87. The Balaban J connectivity index is 2.40. The zero-order chi connectivity index (χ0) is 12.5. The number of nitrogens with zero attached hydrogens (tertiary/aromatic N) is 2. The molecule has 1 aromatic carbocycles. The van der Waals surface area contributed by atoms with Crippen LogP contribution in [0.25, 0.3) is 22.0 Å². The number of rotatable bonds is 1. The van der Waals surface area contributed by atoms with Crippen molar-refractivity contribution < 1.29 is 0 Å². The lowest BCUT2D eigenvalue weighted by atomic mass is 10.0. The highest BCUT2D eigenvalue weighted by Crippen LogP contribution is 2.36. The molecule has 0 fully saturated rings. The van der Waals surface area contributed by atoms with Gasteiger partial charge in [-0.3, -0.25) is 9.97 Å². The van der Waals surface area contributed by atoms with Crippen LogP contribution >= 0.6 is 23.2 Å². The van der Waals surface area contributed by atoms with Gasteiger partial charge in [-0.15, -0.1) is 0 Å². The number of aromatic nitrogens is 2. The number of fused-ring (bicyclic) bond motifs is 1. The SMILES string of the molecule is Clc1cc(-c2ccccn2)c2cnccc2c1Cl. The molecule has 0 N–H and O–H groups in total. The normalized spacial score (nSPS) is 10.8. The standard InChI is InChI=1S/C14H8Cl2N2/c15-12-7-10(13-3-1-2-5-18-13)11-8-17-6-4-9(11)14(12)16/h1-8H. The molecule has 0 aliphatic carbocycles. The molecule has 88 valence electrons. The van der Waals surface area contributed by atoms with E-state index in [1.165, 1.54) is 0 Å². The van der Waals surface area contributed by atoms with Crippen LogP contribution in [-0.4, -0.2) is 9.97 Å². The van der Waals surface area contributed by atoms with Crippen LogP contribution in [0.15, 0.2) is 48.9 Å². The van der Waals surface area contributed by atoms with Gasteiger partial charge >= 0.3 is 0 Å². The summed E-state index contributed by atoms with van der Waals surface area (Å²) in [5, 5.41) is 2.91. The molecule has 3 rings (SSSR count). The van der Waals surface area contributed by atoms with Crippen molar-refractivity contribution in [2.24, 2.45) is 0 Å². The highest BCUT2D eigenvalue weighted by molar-refractivity contribution is 6.45. The zero-order valence-corrected chi connectivity index (χ0v) is 10.8. The van der Waals surface area contributed by atoms with E-state index in [-0.39, 0.29) is 0 Å². The van der Waals surface area contributed by atoms with Crippen molar-refractivity contribution in [3.63, 3.8) is 0 Å². The summed E-state index contributed by atoms with van der Waals surface area (Å²) in [6.45, 7) is 0. The van der Waals surface area contributed by atoms with Gasteiger partial charge in [0.15, 0.2) is 0 Å². The van der Waals surface area contributed by atoms with Crippen molar-refractivity contribution in [3.05, 3.63) is 59.0 Å². The Morgan fingerprint density at radius 2 is 1.83 bits per heavy atom. The number of hydrogen-bond donors (Lipinski definition) is 0. The quantitative estimate of drug-likeness (QED) is 0.648. The summed E-state index contributed by atoms with van der Waals surface area (Å²) in [6, 6.07) is 9.44. The highest BCUT2D eigenvalue weighted by Gasteiger charge is 2.11. The molecule has 4 heteroatoms. The van der Waals surface area contributed by atoms with E-state index in [4.69, 9.17) is 23.2 Å². The summed E-state index contributed by atoms with van der Waals surface area (Å²) >= 11 is 12.4. The van der Waals surface area contributed by atoms with Gasteiger partial charge in [-0.1, -0.05) is 29.3 Å². The van der Waals surface area contributed by atoms with Crippen molar-refractivity contribution in [2.45, 2.75) is 0 Å². The molecule has 0 spiro atoms. The second kappa shape index (κ2) is 4.56. The van der Waals surface area contributed by atoms with Crippen molar-refractivity contribution in [1.29, 1.82) is 0 Å². The molecule has 2 nitrogen and oxygen atoms in total. The third-order valence-corrected chi connectivity index (χ3v) is 3.57. The first-order chi connectivity index (χ1) is 8.77. The van der Waals surface area contributed by atoms with Crippen LogP contribution in [0.1, 0.15) is 0 Å². The number of hydrogen-bond acceptors (Lipinski definition) is 2. The molecule has 0 radical (unpaired) electrons. The lowest BCUT2D eigenvalue weighted by Gasteiger charge is -2.08. The van der Waals surface area contributed by atoms with E-state index in [2.05, 4.69) is 9.97 Å². The molecule has 0 atom stereocenters. The smallest absolute Gasteiger partial charge is 0.0709 e. The molecule has 2 heterocycles. The maximum Gasteiger partial charge on any atom is 0.0709 e. The Labute approximate surface area is 114 Å². The van der Waals surface area contributed by atoms with Crippen LogP contribution in [0, 0.1) is 0 Å². The maximum absolute atomic E-state index is 6.21. The fourth-order valence-electron chi connectivity index (χ4n) is 1.93. The van der Waals surface area contributed by atoms with Crippen molar-refractivity contribution in [1.82, 2.24) is 9.97 Å². The second-order valence-electron chi connectivity index (χ2n) is 3.86. The Hall–Kier alpha value is -1.64. The predicted octanol–water partition coefficient (Wildman–Crippen LogP) is 4.60. The van der Waals surface area contributed by atoms with E-state index < -0.39 is 0 Å². The molecule has 0 bridgehead atoms. The van der Waals surface area contributed by atoms with Gasteiger partial charge in [0.25, 0.3) is 0 Å². The third kappa shape index (κ3) is 1.84. The van der Waals surface area contributed by atoms with Crippen LogP contribution < -0.4 is 0 Å². The maximum atomic E-state index is 6.21. The molecule has 0 saturated heterocycles. The van der Waals surface area contributed by atoms with E-state index in [1.54, 1.807) is 18.6 Å². The number of halogens is 2. The van der Waals surface area contributed by atoms with Gasteiger partial charge < -0.3 is 0 Å². The van der Waals surface area contributed by atoms with Crippen molar-refractivity contribution in [2.75, 3.05) is 0 Å². The topological polar surface area (TPSA) is 25.8 Å². The minimum absolute atomic E-state index is 0.524. The molecular weight excluding hydrogens is 267 g/mol. The van der Waals surface area contributed by atoms with Crippen LogP contribution in [0.2, 0.25) is 10.0 Å². The Morgan fingerprint density at radius 1 is 0.944 bits per heavy atom. The summed E-state index contributed by atoms with van der Waals surface area (Å²) < 4.78 is 0. The van der Waals surface area contributed by atoms with Gasteiger partial charge in [0, 0.05) is 34.9 Å². The van der Waals surface area contributed by atoms with E-state index in [1.807, 2.05) is 30.3 Å². The minimum atomic E-state index is 0.524. The van der Waals surface area contributed by atoms with Crippen LogP contribution in [0.4, 0.5) is 0 Å².